The molecule has 7 aromatic rings. The molecule has 0 saturated carbocycles. The summed E-state index contributed by atoms with van der Waals surface area (Å²) in [4.78, 5) is 14.8. The second-order valence-corrected chi connectivity index (χ2v) is 14.1. The van der Waals surface area contributed by atoms with Crippen LogP contribution in [0.25, 0.3) is 0 Å². The predicted molar refractivity (Wildman–Crippen MR) is 195 cm³/mol. The van der Waals surface area contributed by atoms with Crippen molar-refractivity contribution in [3.8, 4) is 0 Å². The quantitative estimate of drug-likeness (QED) is 0.0277. The standard InChI is InChI=1S/C24BF20.C18H16N3O2/c26-5-1(6(27)14(35)21(42)13(5)34)25(2-7(28)15(36)22(43)16(37)8(2)29,3-9(30)17(38)23(44)18(39)10(3)31)4-11(32)19(40)24(45)20(41)12(4)33;22-21(23)18-8-4-7-16(12-18)11-17-14-20(10-9-19-17)13-15-5-2-1-3-6-15/h;1-10,12,14H,11,13H2/q-1;+1. The third-order valence-electron chi connectivity index (χ3n) is 10.2. The molecule has 1 aromatic heterocycles. The highest BCUT2D eigenvalue weighted by atomic mass is 19.2. The lowest BCUT2D eigenvalue weighted by Gasteiger charge is -2.44. The summed E-state index contributed by atoms with van der Waals surface area (Å²) < 4.78 is 296. The molecule has 354 valence electrons. The van der Waals surface area contributed by atoms with Crippen LogP contribution in [0.15, 0.2) is 73.2 Å². The molecule has 0 aliphatic heterocycles. The van der Waals surface area contributed by atoms with Crippen molar-refractivity contribution >= 4 is 33.7 Å². The maximum atomic E-state index is 15.4. The van der Waals surface area contributed by atoms with E-state index < -0.39 is 144 Å². The molecule has 5 nitrogen and oxygen atoms in total. The van der Waals surface area contributed by atoms with E-state index in [-0.39, 0.29) is 10.6 Å². The van der Waals surface area contributed by atoms with Gasteiger partial charge in [0.05, 0.1) is 11.1 Å². The Hall–Kier alpha value is -7.54. The van der Waals surface area contributed by atoms with Gasteiger partial charge in [0.25, 0.3) is 5.69 Å². The molecular weight excluding hydrogens is 969 g/mol. The first-order valence-corrected chi connectivity index (χ1v) is 18.3. The van der Waals surface area contributed by atoms with Crippen LogP contribution in [0.2, 0.25) is 0 Å². The van der Waals surface area contributed by atoms with Crippen LogP contribution < -0.4 is 26.4 Å². The minimum Gasteiger partial charge on any atom is -0.258 e. The summed E-state index contributed by atoms with van der Waals surface area (Å²) in [5.41, 5.74) is -11.3. The molecule has 26 heteroatoms. The topological polar surface area (TPSA) is 59.9 Å². The van der Waals surface area contributed by atoms with Crippen molar-refractivity contribution in [3.63, 3.8) is 0 Å². The van der Waals surface area contributed by atoms with Gasteiger partial charge >= 0.3 is 0 Å². The molecule has 7 rings (SSSR count). The van der Waals surface area contributed by atoms with Gasteiger partial charge in [-0.15, -0.1) is 21.9 Å². The molecule has 6 aromatic carbocycles. The van der Waals surface area contributed by atoms with Crippen LogP contribution in [0.1, 0.15) is 16.8 Å². The van der Waals surface area contributed by atoms with Crippen LogP contribution in [-0.2, 0) is 13.0 Å². The fourth-order valence-electron chi connectivity index (χ4n) is 7.33. The summed E-state index contributed by atoms with van der Waals surface area (Å²) >= 11 is 0. The molecule has 0 aliphatic carbocycles. The summed E-state index contributed by atoms with van der Waals surface area (Å²) in [6, 6.07) is 16.9. The lowest BCUT2D eigenvalue weighted by Crippen LogP contribution is -2.81. The number of aromatic nitrogens is 2. The minimum absolute atomic E-state index is 0.107. The number of hydrogen-bond acceptors (Lipinski definition) is 3. The van der Waals surface area contributed by atoms with Gasteiger partial charge in [-0.2, -0.15) is 4.57 Å². The number of nitrogens with zero attached hydrogens (tertiary/aromatic N) is 3. The van der Waals surface area contributed by atoms with E-state index in [9.17, 15) is 62.8 Å². The third kappa shape index (κ3) is 8.31. The number of nitro groups is 1. The average Bonchev–Trinajstić information content (AvgIpc) is 3.32. The maximum absolute atomic E-state index is 15.4. The minimum atomic E-state index is -7.22. The van der Waals surface area contributed by atoms with Crippen LogP contribution in [0.5, 0.6) is 0 Å². The van der Waals surface area contributed by atoms with Crippen molar-refractivity contribution in [1.82, 2.24) is 4.98 Å². The van der Waals surface area contributed by atoms with Crippen molar-refractivity contribution in [2.75, 3.05) is 0 Å². The lowest BCUT2D eigenvalue weighted by atomic mass is 9.12. The van der Waals surface area contributed by atoms with E-state index in [2.05, 4.69) is 21.7 Å². The van der Waals surface area contributed by atoms with Crippen molar-refractivity contribution < 1.29 is 97.3 Å². The summed E-state index contributed by atoms with van der Waals surface area (Å²) in [6.07, 6.45) is -0.992. The number of non-ortho nitro benzene ring substituents is 1. The van der Waals surface area contributed by atoms with Gasteiger partial charge in [0.1, 0.15) is 58.4 Å². The zero-order valence-corrected chi connectivity index (χ0v) is 32.6. The zero-order chi connectivity index (χ0) is 50.4. The second kappa shape index (κ2) is 19.0. The van der Waals surface area contributed by atoms with E-state index in [0.29, 0.717) is 6.42 Å². The summed E-state index contributed by atoms with van der Waals surface area (Å²) in [5.74, 6) is -71.4. The lowest BCUT2D eigenvalue weighted by molar-refractivity contribution is -0.689. The molecule has 0 atom stereocenters. The molecule has 0 saturated heterocycles. The Morgan fingerprint density at radius 3 is 1.10 bits per heavy atom. The largest absolute Gasteiger partial charge is 0.269 e. The highest BCUT2D eigenvalue weighted by molar-refractivity contribution is 7.20. The highest BCUT2D eigenvalue weighted by Crippen LogP contribution is 2.31. The van der Waals surface area contributed by atoms with E-state index in [1.165, 1.54) is 11.6 Å². The number of rotatable bonds is 9. The van der Waals surface area contributed by atoms with Gasteiger partial charge in [-0.1, -0.05) is 42.5 Å². The number of halogens is 20. The first kappa shape index (κ1) is 49.9. The molecule has 0 N–H and O–H groups in total. The molecular formula is C42H16BF20N3O2. The molecule has 0 radical (unpaired) electrons. The van der Waals surface area contributed by atoms with Crippen LogP contribution in [-0.4, -0.2) is 16.1 Å². The van der Waals surface area contributed by atoms with E-state index in [4.69, 9.17) is 0 Å². The maximum Gasteiger partial charge on any atom is 0.269 e. The van der Waals surface area contributed by atoms with Gasteiger partial charge in [0, 0.05) is 24.1 Å². The molecule has 68 heavy (non-hydrogen) atoms. The molecule has 0 fully saturated rings. The van der Waals surface area contributed by atoms with E-state index in [0.717, 1.165) is 17.8 Å². The van der Waals surface area contributed by atoms with Crippen LogP contribution in [0.3, 0.4) is 0 Å². The van der Waals surface area contributed by atoms with Gasteiger partial charge in [0.2, 0.25) is 0 Å². The Morgan fingerprint density at radius 2 is 0.765 bits per heavy atom. The predicted octanol–water partition coefficient (Wildman–Crippen LogP) is 8.76. The monoisotopic (exact) mass is 985 g/mol. The van der Waals surface area contributed by atoms with E-state index >= 15 is 35.1 Å². The Labute approximate surface area is 365 Å². The van der Waals surface area contributed by atoms with E-state index in [1.807, 2.05) is 36.7 Å². The number of nitro benzene ring substituents is 1. The molecule has 0 amide bonds. The Bertz CT molecular complexity index is 2800. The van der Waals surface area contributed by atoms with Crippen molar-refractivity contribution in [2.45, 2.75) is 13.0 Å². The molecule has 0 unspecified atom stereocenters. The molecule has 1 heterocycles. The first-order chi connectivity index (χ1) is 31.9. The molecule has 0 bridgehead atoms. The summed E-state index contributed by atoms with van der Waals surface area (Å²) in [5, 5.41) is 10.8. The smallest absolute Gasteiger partial charge is 0.258 e. The highest BCUT2D eigenvalue weighted by Gasteiger charge is 2.52. The summed E-state index contributed by atoms with van der Waals surface area (Å²) in [7, 11) is 0. The van der Waals surface area contributed by atoms with E-state index in [1.54, 1.807) is 18.3 Å². The van der Waals surface area contributed by atoms with Gasteiger partial charge < -0.3 is 0 Å². The van der Waals surface area contributed by atoms with Crippen LogP contribution >= 0.6 is 0 Å². The SMILES string of the molecule is Fc1c(F)c(F)c([B-](c2c(F)c(F)c(F)c(F)c2F)(c2c(F)c(F)c(F)c(F)c2F)c2c(F)c(F)c(F)c(F)c2F)c(F)c1F.O=[N+]([O-])c1cccc(Cc2c[n+](Cc3ccccc3)ccn2)c1. The van der Waals surface area contributed by atoms with Crippen LogP contribution in [0.4, 0.5) is 93.5 Å². The van der Waals surface area contributed by atoms with Crippen molar-refractivity contribution in [2.24, 2.45) is 0 Å². The van der Waals surface area contributed by atoms with Gasteiger partial charge in [-0.05, 0) is 5.56 Å². The third-order valence-corrected chi connectivity index (χ3v) is 10.2. The van der Waals surface area contributed by atoms with Gasteiger partial charge in [-0.25, -0.2) is 92.8 Å². The van der Waals surface area contributed by atoms with Gasteiger partial charge in [0.15, 0.2) is 88.7 Å². The average molecular weight is 985 g/mol. The van der Waals surface area contributed by atoms with Crippen molar-refractivity contribution in [3.05, 3.63) is 216 Å². The zero-order valence-electron chi connectivity index (χ0n) is 32.6. The number of benzene rings is 6. The first-order valence-electron chi connectivity index (χ1n) is 18.3. The fourth-order valence-corrected chi connectivity index (χ4v) is 7.33. The van der Waals surface area contributed by atoms with Crippen molar-refractivity contribution in [1.29, 1.82) is 0 Å². The Balaban J connectivity index is 0.000000276. The molecule has 0 spiro atoms. The Morgan fingerprint density at radius 1 is 0.441 bits per heavy atom. The van der Waals surface area contributed by atoms with Crippen LogP contribution in [0, 0.1) is 126 Å². The number of hydrogen-bond donors (Lipinski definition) is 0. The Kier molecular flexibility index (Phi) is 13.9. The second-order valence-electron chi connectivity index (χ2n) is 14.1. The fraction of sp³-hybridized carbons (Fsp3) is 0.0476. The molecule has 0 aliphatic rings. The normalized spacial score (nSPS) is 11.5. The van der Waals surface area contributed by atoms with Gasteiger partial charge in [-0.3, -0.25) is 10.1 Å². The summed E-state index contributed by atoms with van der Waals surface area (Å²) in [6.45, 7) is 0.769.